The lowest BCUT2D eigenvalue weighted by Crippen LogP contribution is -2.30. The number of hydrogen-bond acceptors (Lipinski definition) is 1. The van der Waals surface area contributed by atoms with E-state index in [0.29, 0.717) is 6.54 Å². The van der Waals surface area contributed by atoms with Gasteiger partial charge in [-0.2, -0.15) is 0 Å². The largest absolute Gasteiger partial charge is 0.353 e. The lowest BCUT2D eigenvalue weighted by Gasteiger charge is -2.06. The summed E-state index contributed by atoms with van der Waals surface area (Å²) in [6.07, 6.45) is 0.966. The zero-order valence-corrected chi connectivity index (χ0v) is 8.74. The normalized spacial score (nSPS) is 25.6. The molecule has 70 valence electrons. The Bertz CT molecular complexity index is 191. The van der Waals surface area contributed by atoms with Crippen LogP contribution in [-0.2, 0) is 4.79 Å². The van der Waals surface area contributed by atoms with Crippen molar-refractivity contribution in [1.29, 1.82) is 0 Å². The highest BCUT2D eigenvalue weighted by molar-refractivity contribution is 6.44. The Labute approximate surface area is 82.6 Å². The molecule has 0 heterocycles. The SMILES string of the molecule is CC1(C)C[C@@H]1C(=O)NCC(Cl)Cl. The van der Waals surface area contributed by atoms with E-state index in [1.165, 1.54) is 0 Å². The fourth-order valence-corrected chi connectivity index (χ4v) is 1.37. The van der Waals surface area contributed by atoms with E-state index in [4.69, 9.17) is 23.2 Å². The van der Waals surface area contributed by atoms with Crippen LogP contribution < -0.4 is 5.32 Å². The van der Waals surface area contributed by atoms with Crippen LogP contribution in [0.15, 0.2) is 0 Å². The van der Waals surface area contributed by atoms with Gasteiger partial charge in [0.1, 0.15) is 4.84 Å². The molecule has 0 saturated heterocycles. The van der Waals surface area contributed by atoms with Gasteiger partial charge in [0.05, 0.1) is 0 Å². The topological polar surface area (TPSA) is 29.1 Å². The van der Waals surface area contributed by atoms with Gasteiger partial charge in [-0.05, 0) is 11.8 Å². The maximum Gasteiger partial charge on any atom is 0.223 e. The molecule has 1 rings (SSSR count). The number of carbonyl (C=O) groups excluding carboxylic acids is 1. The Kier molecular flexibility index (Phi) is 2.89. The van der Waals surface area contributed by atoms with Crippen molar-refractivity contribution >= 4 is 29.1 Å². The molecule has 1 aliphatic rings. The van der Waals surface area contributed by atoms with Crippen LogP contribution in [0.25, 0.3) is 0 Å². The summed E-state index contributed by atoms with van der Waals surface area (Å²) in [7, 11) is 0. The Morgan fingerprint density at radius 2 is 2.17 bits per heavy atom. The second kappa shape index (κ2) is 3.43. The number of carbonyl (C=O) groups is 1. The smallest absolute Gasteiger partial charge is 0.223 e. The van der Waals surface area contributed by atoms with E-state index in [1.807, 2.05) is 0 Å². The van der Waals surface area contributed by atoms with Crippen molar-refractivity contribution in [1.82, 2.24) is 5.32 Å². The minimum Gasteiger partial charge on any atom is -0.353 e. The van der Waals surface area contributed by atoms with Gasteiger partial charge in [0, 0.05) is 12.5 Å². The summed E-state index contributed by atoms with van der Waals surface area (Å²) in [5.74, 6) is 0.232. The van der Waals surface area contributed by atoms with Crippen molar-refractivity contribution in [3.8, 4) is 0 Å². The molecule has 1 saturated carbocycles. The highest BCUT2D eigenvalue weighted by atomic mass is 35.5. The Hall–Kier alpha value is 0.0500. The van der Waals surface area contributed by atoms with Crippen LogP contribution in [0.1, 0.15) is 20.3 Å². The molecule has 1 fully saturated rings. The summed E-state index contributed by atoms with van der Waals surface area (Å²) in [5, 5.41) is 2.70. The molecular weight excluding hydrogens is 197 g/mol. The van der Waals surface area contributed by atoms with Crippen LogP contribution in [-0.4, -0.2) is 17.3 Å². The van der Waals surface area contributed by atoms with Gasteiger partial charge >= 0.3 is 0 Å². The summed E-state index contributed by atoms with van der Waals surface area (Å²) < 4.78 is 0. The first-order valence-electron chi connectivity index (χ1n) is 3.99. The fraction of sp³-hybridized carbons (Fsp3) is 0.875. The molecule has 0 aliphatic heterocycles. The average Bonchev–Trinajstić information content (AvgIpc) is 2.55. The van der Waals surface area contributed by atoms with Gasteiger partial charge in [-0.15, -0.1) is 23.2 Å². The molecule has 4 heteroatoms. The van der Waals surface area contributed by atoms with E-state index >= 15 is 0 Å². The molecule has 2 nitrogen and oxygen atoms in total. The van der Waals surface area contributed by atoms with Crippen molar-refractivity contribution in [2.24, 2.45) is 11.3 Å². The minimum atomic E-state index is -0.504. The van der Waals surface area contributed by atoms with Gasteiger partial charge in [-0.3, -0.25) is 4.79 Å². The van der Waals surface area contributed by atoms with Crippen molar-refractivity contribution in [3.63, 3.8) is 0 Å². The summed E-state index contributed by atoms with van der Waals surface area (Å²) in [5.41, 5.74) is 0.179. The molecule has 1 atom stereocenters. The van der Waals surface area contributed by atoms with E-state index in [9.17, 15) is 4.79 Å². The standard InChI is InChI=1S/C8H13Cl2NO/c1-8(2)3-5(8)7(12)11-4-6(9)10/h5-6H,3-4H2,1-2H3,(H,11,12)/t5-/m1/s1. The molecule has 0 radical (unpaired) electrons. The van der Waals surface area contributed by atoms with E-state index in [2.05, 4.69) is 19.2 Å². The number of alkyl halides is 2. The number of halogens is 2. The molecule has 0 aromatic heterocycles. The Morgan fingerprint density at radius 1 is 1.67 bits per heavy atom. The van der Waals surface area contributed by atoms with Crippen molar-refractivity contribution < 1.29 is 4.79 Å². The van der Waals surface area contributed by atoms with E-state index < -0.39 is 4.84 Å². The highest BCUT2D eigenvalue weighted by Gasteiger charge is 2.50. The lowest BCUT2D eigenvalue weighted by atomic mass is 10.1. The third kappa shape index (κ3) is 2.53. The first-order chi connectivity index (χ1) is 5.43. The number of amides is 1. The van der Waals surface area contributed by atoms with E-state index in [0.717, 1.165) is 6.42 Å². The fourth-order valence-electron chi connectivity index (χ4n) is 1.22. The average molecular weight is 210 g/mol. The first-order valence-corrected chi connectivity index (χ1v) is 4.86. The maximum atomic E-state index is 11.3. The van der Waals surface area contributed by atoms with Crippen LogP contribution in [0, 0.1) is 11.3 Å². The maximum absolute atomic E-state index is 11.3. The van der Waals surface area contributed by atoms with Gasteiger partial charge < -0.3 is 5.32 Å². The van der Waals surface area contributed by atoms with E-state index in [-0.39, 0.29) is 17.2 Å². The van der Waals surface area contributed by atoms with Gasteiger partial charge in [-0.25, -0.2) is 0 Å². The monoisotopic (exact) mass is 209 g/mol. The predicted octanol–water partition coefficient (Wildman–Crippen LogP) is 1.95. The minimum absolute atomic E-state index is 0.0753. The summed E-state index contributed by atoms with van der Waals surface area (Å²) in [6, 6.07) is 0. The van der Waals surface area contributed by atoms with Crippen molar-refractivity contribution in [2.45, 2.75) is 25.1 Å². The second-order valence-electron chi connectivity index (χ2n) is 3.88. The molecule has 0 spiro atoms. The van der Waals surface area contributed by atoms with Crippen LogP contribution in [0.3, 0.4) is 0 Å². The molecule has 0 aromatic rings. The van der Waals surface area contributed by atoms with Gasteiger partial charge in [0.25, 0.3) is 0 Å². The highest BCUT2D eigenvalue weighted by Crippen LogP contribution is 2.51. The Balaban J connectivity index is 2.23. The number of rotatable bonds is 3. The van der Waals surface area contributed by atoms with Crippen LogP contribution >= 0.6 is 23.2 Å². The zero-order valence-electron chi connectivity index (χ0n) is 7.23. The predicted molar refractivity (Wildman–Crippen MR) is 50.4 cm³/mol. The molecule has 0 bridgehead atoms. The van der Waals surface area contributed by atoms with Crippen molar-refractivity contribution in [3.05, 3.63) is 0 Å². The zero-order chi connectivity index (χ0) is 9.35. The summed E-state index contributed by atoms with van der Waals surface area (Å²) in [4.78, 5) is 10.8. The quantitative estimate of drug-likeness (QED) is 0.708. The van der Waals surface area contributed by atoms with Crippen LogP contribution in [0.5, 0.6) is 0 Å². The summed E-state index contributed by atoms with van der Waals surface area (Å²) >= 11 is 10.9. The molecular formula is C8H13Cl2NO. The molecule has 0 aromatic carbocycles. The third-order valence-electron chi connectivity index (χ3n) is 2.26. The Morgan fingerprint density at radius 3 is 2.50 bits per heavy atom. The van der Waals surface area contributed by atoms with E-state index in [1.54, 1.807) is 0 Å². The van der Waals surface area contributed by atoms with Gasteiger partial charge in [0.15, 0.2) is 0 Å². The molecule has 1 amide bonds. The second-order valence-corrected chi connectivity index (χ2v) is 5.16. The van der Waals surface area contributed by atoms with Gasteiger partial charge in [-0.1, -0.05) is 13.8 Å². The van der Waals surface area contributed by atoms with Crippen LogP contribution in [0.2, 0.25) is 0 Å². The molecule has 12 heavy (non-hydrogen) atoms. The molecule has 1 N–H and O–H groups in total. The van der Waals surface area contributed by atoms with Gasteiger partial charge in [0.2, 0.25) is 5.91 Å². The van der Waals surface area contributed by atoms with Crippen LogP contribution in [0.4, 0.5) is 0 Å². The third-order valence-corrected chi connectivity index (χ3v) is 2.57. The number of hydrogen-bond donors (Lipinski definition) is 1. The lowest BCUT2D eigenvalue weighted by molar-refractivity contribution is -0.122. The first kappa shape index (κ1) is 10.1. The molecule has 0 unspecified atom stereocenters. The number of nitrogens with one attached hydrogen (secondary N) is 1. The molecule has 1 aliphatic carbocycles. The summed E-state index contributed by atoms with van der Waals surface area (Å²) in [6.45, 7) is 4.50. The van der Waals surface area contributed by atoms with Crippen molar-refractivity contribution in [2.75, 3.05) is 6.54 Å².